The number of nitrogens with one attached hydrogen (secondary N) is 4. The maximum absolute atomic E-state index is 13.2. The third kappa shape index (κ3) is 5.87. The third-order valence-electron chi connectivity index (χ3n) is 6.43. The molecular formula is C23H33N5O3S. The lowest BCUT2D eigenvalue weighted by Gasteiger charge is -2.29. The van der Waals surface area contributed by atoms with Crippen molar-refractivity contribution in [3.63, 3.8) is 0 Å². The number of nitrogens with zero attached hydrogens (tertiary/aromatic N) is 1. The number of nitriles is 1. The van der Waals surface area contributed by atoms with E-state index in [1.165, 1.54) is 17.7 Å². The Morgan fingerprint density at radius 3 is 2.69 bits per heavy atom. The zero-order valence-electron chi connectivity index (χ0n) is 18.8. The fraction of sp³-hybridized carbons (Fsp3) is 0.696. The molecule has 2 amide bonds. The summed E-state index contributed by atoms with van der Waals surface area (Å²) in [7, 11) is 1.57. The smallest absolute Gasteiger partial charge is 0.254 e. The van der Waals surface area contributed by atoms with Gasteiger partial charge in [0.15, 0.2) is 0 Å². The predicted molar refractivity (Wildman–Crippen MR) is 123 cm³/mol. The Kier molecular flexibility index (Phi) is 7.46. The number of rotatable bonds is 11. The molecule has 0 spiro atoms. The van der Waals surface area contributed by atoms with Gasteiger partial charge in [-0.15, -0.1) is 11.3 Å². The summed E-state index contributed by atoms with van der Waals surface area (Å²) in [5, 5.41) is 19.6. The molecule has 4 rings (SSSR count). The van der Waals surface area contributed by atoms with Crippen molar-refractivity contribution < 1.29 is 14.4 Å². The third-order valence-corrected chi connectivity index (χ3v) is 7.64. The first kappa shape index (κ1) is 23.2. The maximum atomic E-state index is 13.2. The molecule has 0 saturated heterocycles. The van der Waals surface area contributed by atoms with Gasteiger partial charge in [-0.2, -0.15) is 10.7 Å². The topological polar surface area (TPSA) is 115 Å². The lowest BCUT2D eigenvalue weighted by atomic mass is 9.90. The lowest BCUT2D eigenvalue weighted by Crippen LogP contribution is -2.49. The van der Waals surface area contributed by atoms with Gasteiger partial charge >= 0.3 is 0 Å². The summed E-state index contributed by atoms with van der Waals surface area (Å²) < 4.78 is 0. The van der Waals surface area contributed by atoms with E-state index in [1.807, 2.05) is 6.92 Å². The molecule has 8 nitrogen and oxygen atoms in total. The van der Waals surface area contributed by atoms with Crippen LogP contribution in [0.25, 0.3) is 0 Å². The van der Waals surface area contributed by atoms with Crippen molar-refractivity contribution in [3.8, 4) is 6.07 Å². The molecule has 9 heteroatoms. The molecule has 3 aliphatic carbocycles. The van der Waals surface area contributed by atoms with Gasteiger partial charge in [-0.1, -0.05) is 0 Å². The minimum Gasteiger partial charge on any atom is -0.352 e. The van der Waals surface area contributed by atoms with Crippen LogP contribution in [0, 0.1) is 29.1 Å². The summed E-state index contributed by atoms with van der Waals surface area (Å²) in [5.74, 6) is 0.530. The van der Waals surface area contributed by atoms with E-state index in [9.17, 15) is 14.9 Å². The van der Waals surface area contributed by atoms with Gasteiger partial charge in [0, 0.05) is 29.3 Å². The van der Waals surface area contributed by atoms with Gasteiger partial charge in [0.2, 0.25) is 5.91 Å². The van der Waals surface area contributed by atoms with Crippen LogP contribution in [0.2, 0.25) is 0 Å². The van der Waals surface area contributed by atoms with Crippen molar-refractivity contribution in [3.05, 3.63) is 16.0 Å². The van der Waals surface area contributed by atoms with Crippen LogP contribution in [0.1, 0.15) is 66.2 Å². The van der Waals surface area contributed by atoms with Crippen molar-refractivity contribution >= 4 is 28.2 Å². The number of anilines is 1. The first-order chi connectivity index (χ1) is 15.5. The Balaban J connectivity index is 1.50. The second kappa shape index (κ2) is 10.3. The normalized spacial score (nSPS) is 21.8. The summed E-state index contributed by atoms with van der Waals surface area (Å²) in [4.78, 5) is 31.9. The van der Waals surface area contributed by atoms with E-state index in [4.69, 9.17) is 4.84 Å². The summed E-state index contributed by atoms with van der Waals surface area (Å²) in [6.07, 6.45) is 7.17. The molecular weight excluding hydrogens is 426 g/mol. The minimum absolute atomic E-state index is 0.0318. The minimum atomic E-state index is -0.152. The Morgan fingerprint density at radius 2 is 2.03 bits per heavy atom. The predicted octanol–water partition coefficient (Wildman–Crippen LogP) is 2.71. The second-order valence-electron chi connectivity index (χ2n) is 9.37. The van der Waals surface area contributed by atoms with Crippen LogP contribution in [-0.2, 0) is 22.5 Å². The van der Waals surface area contributed by atoms with Gasteiger partial charge in [-0.3, -0.25) is 14.9 Å². The van der Waals surface area contributed by atoms with E-state index >= 15 is 0 Å². The molecule has 0 aliphatic heterocycles. The standard InChI is InChI=1S/C23H33N5O3S/c1-13(11-24)9-19(28-31-2)26-16-7-8-18-17(10-16)20(22(30)25-12-14-3-4-14)23(32-18)27-21(29)15-5-6-15/h13-16,19,26,28H,3-10,12H2,1-2H3,(H,25,30)(H,27,29). The summed E-state index contributed by atoms with van der Waals surface area (Å²) in [6, 6.07) is 2.42. The molecule has 0 aromatic carbocycles. The number of amides is 2. The van der Waals surface area contributed by atoms with Gasteiger partial charge in [-0.05, 0) is 69.8 Å². The molecule has 32 heavy (non-hydrogen) atoms. The molecule has 1 aromatic heterocycles. The first-order valence-corrected chi connectivity index (χ1v) is 12.5. The van der Waals surface area contributed by atoms with Crippen LogP contribution >= 0.6 is 11.3 Å². The van der Waals surface area contributed by atoms with Crippen LogP contribution < -0.4 is 21.4 Å². The van der Waals surface area contributed by atoms with Gasteiger partial charge in [0.05, 0.1) is 24.9 Å². The Labute approximate surface area is 193 Å². The monoisotopic (exact) mass is 459 g/mol. The van der Waals surface area contributed by atoms with E-state index in [0.29, 0.717) is 35.9 Å². The van der Waals surface area contributed by atoms with Gasteiger partial charge in [0.25, 0.3) is 5.91 Å². The molecule has 174 valence electrons. The largest absolute Gasteiger partial charge is 0.352 e. The Hall–Kier alpha value is -1.99. The molecule has 3 unspecified atom stereocenters. The van der Waals surface area contributed by atoms with Gasteiger partial charge in [0.1, 0.15) is 5.00 Å². The zero-order chi connectivity index (χ0) is 22.7. The lowest BCUT2D eigenvalue weighted by molar-refractivity contribution is -0.117. The number of fused-ring (bicyclic) bond motifs is 1. The highest BCUT2D eigenvalue weighted by molar-refractivity contribution is 7.17. The van der Waals surface area contributed by atoms with Crippen molar-refractivity contribution in [1.29, 1.82) is 5.26 Å². The van der Waals surface area contributed by atoms with E-state index in [-0.39, 0.29) is 35.9 Å². The molecule has 1 heterocycles. The number of thiophene rings is 1. The SMILES string of the molecule is CONC(CC(C)C#N)NC1CCc2sc(NC(=O)C3CC3)c(C(=O)NCC3CC3)c2C1. The van der Waals surface area contributed by atoms with Crippen LogP contribution in [0.5, 0.6) is 0 Å². The molecule has 0 bridgehead atoms. The maximum Gasteiger partial charge on any atom is 0.254 e. The number of hydroxylamine groups is 1. The van der Waals surface area contributed by atoms with E-state index < -0.39 is 0 Å². The highest BCUT2D eigenvalue weighted by Crippen LogP contribution is 2.40. The molecule has 4 N–H and O–H groups in total. The highest BCUT2D eigenvalue weighted by atomic mass is 32.1. The molecule has 3 aliphatic rings. The van der Waals surface area contributed by atoms with Crippen molar-refractivity contribution in [2.24, 2.45) is 17.8 Å². The van der Waals surface area contributed by atoms with Crippen molar-refractivity contribution in [2.45, 2.75) is 70.5 Å². The quantitative estimate of drug-likeness (QED) is 0.299. The van der Waals surface area contributed by atoms with Crippen molar-refractivity contribution in [2.75, 3.05) is 19.0 Å². The zero-order valence-corrected chi connectivity index (χ0v) is 19.6. The summed E-state index contributed by atoms with van der Waals surface area (Å²) >= 11 is 1.56. The number of carbonyl (C=O) groups excluding carboxylic acids is 2. The Bertz CT molecular complexity index is 887. The number of hydrogen-bond donors (Lipinski definition) is 4. The number of carbonyl (C=O) groups is 2. The first-order valence-electron chi connectivity index (χ1n) is 11.7. The van der Waals surface area contributed by atoms with E-state index in [1.54, 1.807) is 18.4 Å². The highest BCUT2D eigenvalue weighted by Gasteiger charge is 2.34. The molecule has 2 fully saturated rings. The van der Waals surface area contributed by atoms with E-state index in [0.717, 1.165) is 31.2 Å². The Morgan fingerprint density at radius 1 is 1.25 bits per heavy atom. The van der Waals surface area contributed by atoms with Gasteiger partial charge < -0.3 is 15.5 Å². The number of aryl methyl sites for hydroxylation is 1. The molecule has 1 aromatic rings. The van der Waals surface area contributed by atoms with Gasteiger partial charge in [-0.25, -0.2) is 0 Å². The van der Waals surface area contributed by atoms with Crippen LogP contribution in [-0.4, -0.2) is 37.7 Å². The summed E-state index contributed by atoms with van der Waals surface area (Å²) in [5.41, 5.74) is 4.64. The van der Waals surface area contributed by atoms with Crippen LogP contribution in [0.3, 0.4) is 0 Å². The van der Waals surface area contributed by atoms with Crippen LogP contribution in [0.4, 0.5) is 5.00 Å². The molecule has 3 atom stereocenters. The van der Waals surface area contributed by atoms with E-state index in [2.05, 4.69) is 27.5 Å². The fourth-order valence-electron chi connectivity index (χ4n) is 4.24. The summed E-state index contributed by atoms with van der Waals surface area (Å²) in [6.45, 7) is 2.59. The van der Waals surface area contributed by atoms with Crippen molar-refractivity contribution in [1.82, 2.24) is 16.1 Å². The average Bonchev–Trinajstić information content (AvgIpc) is 3.68. The second-order valence-corrected chi connectivity index (χ2v) is 10.5. The fourth-order valence-corrected chi connectivity index (χ4v) is 5.49. The number of hydrogen-bond acceptors (Lipinski definition) is 7. The molecule has 2 saturated carbocycles. The van der Waals surface area contributed by atoms with Crippen LogP contribution in [0.15, 0.2) is 0 Å². The average molecular weight is 460 g/mol. The molecule has 0 radical (unpaired) electrons.